The van der Waals surface area contributed by atoms with Crippen molar-refractivity contribution in [3.63, 3.8) is 0 Å². The van der Waals surface area contributed by atoms with Crippen molar-refractivity contribution in [1.82, 2.24) is 0 Å². The second kappa shape index (κ2) is 6.20. The van der Waals surface area contributed by atoms with Crippen molar-refractivity contribution in [2.24, 2.45) is 5.41 Å². The van der Waals surface area contributed by atoms with Crippen LogP contribution in [0.2, 0.25) is 0 Å². The van der Waals surface area contributed by atoms with E-state index in [-0.39, 0.29) is 4.90 Å². The van der Waals surface area contributed by atoms with Gasteiger partial charge in [-0.15, -0.1) is 0 Å². The molecule has 1 aliphatic carbocycles. The van der Waals surface area contributed by atoms with Crippen LogP contribution in [0.25, 0.3) is 0 Å². The molecule has 1 saturated carbocycles. The zero-order chi connectivity index (χ0) is 17.4. The SMILES string of the molecule is COc1ccc([C@@H]2[C@@H](S(=O)(=O)c3ccccc3)C2(CO)CO)cc1. The average Bonchev–Trinajstić information content (AvgIpc) is 3.33. The molecule has 128 valence electrons. The number of rotatable bonds is 6. The van der Waals surface area contributed by atoms with Crippen molar-refractivity contribution in [3.05, 3.63) is 60.2 Å². The number of aliphatic hydroxyl groups is 2. The summed E-state index contributed by atoms with van der Waals surface area (Å²) in [7, 11) is -2.11. The van der Waals surface area contributed by atoms with Gasteiger partial charge < -0.3 is 14.9 Å². The van der Waals surface area contributed by atoms with Crippen molar-refractivity contribution in [3.8, 4) is 5.75 Å². The van der Waals surface area contributed by atoms with Crippen LogP contribution in [0.5, 0.6) is 5.75 Å². The van der Waals surface area contributed by atoms with Gasteiger partial charge in [-0.05, 0) is 29.8 Å². The first-order chi connectivity index (χ1) is 11.5. The second-order valence-electron chi connectivity index (χ2n) is 6.08. The van der Waals surface area contributed by atoms with Gasteiger partial charge >= 0.3 is 0 Å². The summed E-state index contributed by atoms with van der Waals surface area (Å²) >= 11 is 0. The lowest BCUT2D eigenvalue weighted by molar-refractivity contribution is 0.130. The Hall–Kier alpha value is -1.89. The lowest BCUT2D eigenvalue weighted by atomic mass is 10.0. The van der Waals surface area contributed by atoms with E-state index >= 15 is 0 Å². The summed E-state index contributed by atoms with van der Waals surface area (Å²) < 4.78 is 31.1. The Labute approximate surface area is 141 Å². The number of methoxy groups -OCH3 is 1. The molecule has 5 nitrogen and oxygen atoms in total. The lowest BCUT2D eigenvalue weighted by Gasteiger charge is -2.11. The molecular formula is C18H20O5S. The van der Waals surface area contributed by atoms with Crippen molar-refractivity contribution >= 4 is 9.84 Å². The van der Waals surface area contributed by atoms with E-state index in [0.29, 0.717) is 5.75 Å². The molecule has 1 fully saturated rings. The molecule has 0 radical (unpaired) electrons. The molecule has 2 aromatic rings. The summed E-state index contributed by atoms with van der Waals surface area (Å²) in [5.74, 6) is 0.212. The topological polar surface area (TPSA) is 83.8 Å². The third kappa shape index (κ3) is 2.51. The van der Waals surface area contributed by atoms with Gasteiger partial charge in [-0.2, -0.15) is 0 Å². The molecule has 24 heavy (non-hydrogen) atoms. The summed E-state index contributed by atoms with van der Waals surface area (Å²) in [6.45, 7) is -0.784. The fourth-order valence-corrected chi connectivity index (χ4v) is 5.89. The quantitative estimate of drug-likeness (QED) is 0.828. The minimum Gasteiger partial charge on any atom is -0.497 e. The first kappa shape index (κ1) is 17.0. The van der Waals surface area contributed by atoms with E-state index in [2.05, 4.69) is 0 Å². The maximum atomic E-state index is 13.0. The predicted octanol–water partition coefficient (Wildman–Crippen LogP) is 1.61. The van der Waals surface area contributed by atoms with Crippen LogP contribution >= 0.6 is 0 Å². The number of hydrogen-bond acceptors (Lipinski definition) is 5. The van der Waals surface area contributed by atoms with Crippen molar-refractivity contribution in [2.45, 2.75) is 16.1 Å². The molecule has 0 aliphatic heterocycles. The molecule has 0 heterocycles. The highest BCUT2D eigenvalue weighted by atomic mass is 32.2. The largest absolute Gasteiger partial charge is 0.497 e. The van der Waals surface area contributed by atoms with E-state index in [9.17, 15) is 18.6 Å². The summed E-state index contributed by atoms with van der Waals surface area (Å²) in [4.78, 5) is 0.206. The van der Waals surface area contributed by atoms with Gasteiger partial charge in [0.25, 0.3) is 0 Å². The Morgan fingerprint density at radius 3 is 2.08 bits per heavy atom. The average molecular weight is 348 g/mol. The minimum absolute atomic E-state index is 0.206. The summed E-state index contributed by atoms with van der Waals surface area (Å²) in [5.41, 5.74) is -0.299. The van der Waals surface area contributed by atoms with Gasteiger partial charge in [-0.3, -0.25) is 0 Å². The molecule has 3 rings (SSSR count). The normalized spacial score (nSPS) is 22.1. The highest BCUT2D eigenvalue weighted by Gasteiger charge is 2.70. The van der Waals surface area contributed by atoms with Gasteiger partial charge in [0, 0.05) is 11.3 Å². The molecule has 0 aromatic heterocycles. The molecule has 1 aliphatic rings. The van der Waals surface area contributed by atoms with Crippen LogP contribution in [0.3, 0.4) is 0 Å². The van der Waals surface area contributed by atoms with Crippen LogP contribution in [0.15, 0.2) is 59.5 Å². The molecular weight excluding hydrogens is 328 g/mol. The standard InChI is InChI=1S/C18H20O5S/c1-23-14-9-7-13(8-10-14)16-17(18(16,11-19)12-20)24(21,22)15-5-3-2-4-6-15/h2-10,16-17,19-20H,11-12H2,1H3/t16-,17-/m1/s1. The van der Waals surface area contributed by atoms with Crippen LogP contribution < -0.4 is 4.74 Å². The number of aliphatic hydroxyl groups excluding tert-OH is 2. The van der Waals surface area contributed by atoms with E-state index in [1.54, 1.807) is 49.6 Å². The number of hydrogen-bond donors (Lipinski definition) is 2. The van der Waals surface area contributed by atoms with Crippen LogP contribution in [0.4, 0.5) is 0 Å². The number of ether oxygens (including phenoxy) is 1. The fourth-order valence-electron chi connectivity index (χ4n) is 3.44. The monoisotopic (exact) mass is 348 g/mol. The Balaban J connectivity index is 2.02. The van der Waals surface area contributed by atoms with Crippen molar-refractivity contribution in [2.75, 3.05) is 20.3 Å². The number of benzene rings is 2. The van der Waals surface area contributed by atoms with E-state index < -0.39 is 39.6 Å². The summed E-state index contributed by atoms with van der Waals surface area (Å²) in [6, 6.07) is 15.2. The van der Waals surface area contributed by atoms with E-state index in [1.165, 1.54) is 12.1 Å². The Kier molecular flexibility index (Phi) is 4.38. The third-order valence-electron chi connectivity index (χ3n) is 4.85. The molecule has 0 bridgehead atoms. The molecule has 0 unspecified atom stereocenters. The highest BCUT2D eigenvalue weighted by Crippen LogP contribution is 2.63. The maximum absolute atomic E-state index is 13.0. The zero-order valence-corrected chi connectivity index (χ0v) is 14.1. The van der Waals surface area contributed by atoms with Crippen LogP contribution in [0.1, 0.15) is 11.5 Å². The van der Waals surface area contributed by atoms with Crippen LogP contribution in [-0.4, -0.2) is 44.2 Å². The molecule has 6 heteroatoms. The fraction of sp³-hybridized carbons (Fsp3) is 0.333. The predicted molar refractivity (Wildman–Crippen MR) is 89.8 cm³/mol. The Morgan fingerprint density at radius 2 is 1.58 bits per heavy atom. The first-order valence-corrected chi connectivity index (χ1v) is 9.20. The van der Waals surface area contributed by atoms with E-state index in [4.69, 9.17) is 4.74 Å². The van der Waals surface area contributed by atoms with E-state index in [0.717, 1.165) is 5.56 Å². The molecule has 0 spiro atoms. The molecule has 2 aromatic carbocycles. The van der Waals surface area contributed by atoms with Crippen LogP contribution in [0, 0.1) is 5.41 Å². The Morgan fingerprint density at radius 1 is 1.00 bits per heavy atom. The molecule has 0 saturated heterocycles. The van der Waals surface area contributed by atoms with Gasteiger partial charge in [0.15, 0.2) is 9.84 Å². The Bertz CT molecular complexity index is 795. The number of sulfone groups is 1. The smallest absolute Gasteiger partial charge is 0.182 e. The van der Waals surface area contributed by atoms with Gasteiger partial charge in [-0.1, -0.05) is 30.3 Å². The van der Waals surface area contributed by atoms with Gasteiger partial charge in [0.05, 0.1) is 30.5 Å². The van der Waals surface area contributed by atoms with Gasteiger partial charge in [0.1, 0.15) is 5.75 Å². The second-order valence-corrected chi connectivity index (χ2v) is 8.15. The maximum Gasteiger partial charge on any atom is 0.182 e. The zero-order valence-electron chi connectivity index (χ0n) is 13.3. The molecule has 0 amide bonds. The third-order valence-corrected chi connectivity index (χ3v) is 7.19. The van der Waals surface area contributed by atoms with Crippen molar-refractivity contribution < 1.29 is 23.4 Å². The summed E-state index contributed by atoms with van der Waals surface area (Å²) in [5, 5.41) is 18.8. The minimum atomic E-state index is -3.66. The first-order valence-electron chi connectivity index (χ1n) is 7.66. The lowest BCUT2D eigenvalue weighted by Crippen LogP contribution is -2.22. The van der Waals surface area contributed by atoms with E-state index in [1.807, 2.05) is 0 Å². The van der Waals surface area contributed by atoms with Gasteiger partial charge in [-0.25, -0.2) is 8.42 Å². The molecule has 2 N–H and O–H groups in total. The van der Waals surface area contributed by atoms with Gasteiger partial charge in [0.2, 0.25) is 0 Å². The highest BCUT2D eigenvalue weighted by molar-refractivity contribution is 7.92. The summed E-state index contributed by atoms with van der Waals surface area (Å²) in [6.07, 6.45) is 0. The van der Waals surface area contributed by atoms with Crippen LogP contribution in [-0.2, 0) is 9.84 Å². The molecule has 2 atom stereocenters. The van der Waals surface area contributed by atoms with Crippen molar-refractivity contribution in [1.29, 1.82) is 0 Å².